The van der Waals surface area contributed by atoms with E-state index >= 15 is 0 Å². The number of rotatable bonds is 6. The Hall–Kier alpha value is -3.80. The molecule has 1 N–H and O–H groups in total. The van der Waals surface area contributed by atoms with Gasteiger partial charge >= 0.3 is 5.97 Å². The zero-order valence-corrected chi connectivity index (χ0v) is 18.7. The van der Waals surface area contributed by atoms with Crippen LogP contribution in [0.5, 0.6) is 11.5 Å². The molecule has 0 saturated heterocycles. The zero-order chi connectivity index (χ0) is 22.9. The van der Waals surface area contributed by atoms with E-state index < -0.39 is 0 Å². The number of benzene rings is 3. The molecule has 3 aromatic carbocycles. The highest BCUT2D eigenvalue weighted by atomic mass is 16.5. The Morgan fingerprint density at radius 1 is 1.12 bits per heavy atom. The van der Waals surface area contributed by atoms with E-state index in [1.807, 2.05) is 36.1 Å². The Morgan fingerprint density at radius 2 is 1.88 bits per heavy atom. The Balaban J connectivity index is 1.52. The first-order valence-electron chi connectivity index (χ1n) is 11.1. The van der Waals surface area contributed by atoms with Gasteiger partial charge in [-0.1, -0.05) is 30.3 Å². The van der Waals surface area contributed by atoms with Crippen molar-refractivity contribution in [2.45, 2.75) is 31.8 Å². The van der Waals surface area contributed by atoms with Crippen molar-refractivity contribution >= 4 is 16.9 Å². The summed E-state index contributed by atoms with van der Waals surface area (Å²) in [5, 5.41) is 16.1. The van der Waals surface area contributed by atoms with Crippen LogP contribution < -0.4 is 4.74 Å². The second-order valence-electron chi connectivity index (χ2n) is 8.51. The van der Waals surface area contributed by atoms with E-state index in [-0.39, 0.29) is 24.2 Å². The number of fused-ring (bicyclic) bond motifs is 2. The van der Waals surface area contributed by atoms with Crippen LogP contribution in [0.15, 0.2) is 60.8 Å². The molecule has 0 fully saturated rings. The summed E-state index contributed by atoms with van der Waals surface area (Å²) in [7, 11) is 3.28. The smallest absolute Gasteiger partial charge is 0.305 e. The number of methoxy groups -OCH3 is 1. The van der Waals surface area contributed by atoms with E-state index in [0.29, 0.717) is 17.7 Å². The van der Waals surface area contributed by atoms with Gasteiger partial charge < -0.3 is 14.6 Å². The average molecular weight is 443 g/mol. The Morgan fingerprint density at radius 3 is 2.61 bits per heavy atom. The monoisotopic (exact) mass is 442 g/mol. The number of aryl methyl sites for hydroxylation is 2. The predicted molar refractivity (Wildman–Crippen MR) is 126 cm³/mol. The third kappa shape index (κ3) is 4.16. The topological polar surface area (TPSA) is 73.6 Å². The number of phenols is 1. The van der Waals surface area contributed by atoms with Crippen LogP contribution in [0.2, 0.25) is 0 Å². The van der Waals surface area contributed by atoms with Crippen LogP contribution in [-0.2, 0) is 35.8 Å². The number of hydrogen-bond donors (Lipinski definition) is 1. The molecule has 1 heterocycles. The maximum Gasteiger partial charge on any atom is 0.305 e. The third-order valence-electron chi connectivity index (χ3n) is 6.37. The molecule has 1 aromatic heterocycles. The molecule has 4 aromatic rings. The maximum absolute atomic E-state index is 11.7. The van der Waals surface area contributed by atoms with Crippen molar-refractivity contribution in [3.05, 3.63) is 77.5 Å². The molecule has 0 saturated carbocycles. The van der Waals surface area contributed by atoms with E-state index in [9.17, 15) is 9.90 Å². The molecule has 0 unspecified atom stereocenters. The summed E-state index contributed by atoms with van der Waals surface area (Å²) in [4.78, 5) is 11.7. The van der Waals surface area contributed by atoms with Crippen molar-refractivity contribution in [2.24, 2.45) is 7.05 Å². The minimum absolute atomic E-state index is 0.00333. The lowest BCUT2D eigenvalue weighted by Crippen LogP contribution is -2.17. The molecule has 0 spiro atoms. The quantitative estimate of drug-likeness (QED) is 0.442. The molecule has 6 heteroatoms. The average Bonchev–Trinajstić information content (AvgIpc) is 3.40. The SMILES string of the molecule is COC(=O)CCc1cc(-c2ccc3c(cnn3C)c2)c(OC2Cc3ccccc3C2)cc1O. The van der Waals surface area contributed by atoms with E-state index in [4.69, 9.17) is 9.47 Å². The summed E-state index contributed by atoms with van der Waals surface area (Å²) >= 11 is 0. The summed E-state index contributed by atoms with van der Waals surface area (Å²) in [5.74, 6) is 0.447. The van der Waals surface area contributed by atoms with Crippen molar-refractivity contribution < 1.29 is 19.4 Å². The second-order valence-corrected chi connectivity index (χ2v) is 8.51. The first-order valence-corrected chi connectivity index (χ1v) is 11.1. The maximum atomic E-state index is 11.7. The van der Waals surface area contributed by atoms with Gasteiger partial charge in [-0.2, -0.15) is 5.10 Å². The van der Waals surface area contributed by atoms with E-state index in [0.717, 1.165) is 34.9 Å². The van der Waals surface area contributed by atoms with Crippen molar-refractivity contribution in [1.82, 2.24) is 9.78 Å². The minimum atomic E-state index is -0.309. The molecule has 1 aliphatic carbocycles. The highest BCUT2D eigenvalue weighted by Gasteiger charge is 2.24. The molecular weight excluding hydrogens is 416 g/mol. The lowest BCUT2D eigenvalue weighted by atomic mass is 9.98. The molecular formula is C27H26N2O4. The summed E-state index contributed by atoms with van der Waals surface area (Å²) in [6.07, 6.45) is 4.10. The standard InChI is InChI=1S/C27H26N2O4/c1-29-24-9-7-19(11-21(24)16-28-29)23-14-20(8-10-27(31)32-2)25(30)15-26(23)33-22-12-17-5-3-4-6-18(17)13-22/h3-7,9,11,14-16,22,30H,8,10,12-13H2,1-2H3. The number of esters is 1. The Bertz CT molecular complexity index is 1320. The van der Waals surface area contributed by atoms with Gasteiger partial charge in [-0.25, -0.2) is 0 Å². The summed E-state index contributed by atoms with van der Waals surface area (Å²) in [5.41, 5.74) is 6.19. The highest BCUT2D eigenvalue weighted by Crippen LogP contribution is 2.39. The van der Waals surface area contributed by atoms with Crippen LogP contribution in [0, 0.1) is 0 Å². The number of nitrogens with zero attached hydrogens (tertiary/aromatic N) is 2. The fourth-order valence-electron chi connectivity index (χ4n) is 4.59. The van der Waals surface area contributed by atoms with Gasteiger partial charge in [0.05, 0.1) is 18.8 Å². The van der Waals surface area contributed by atoms with Crippen LogP contribution in [0.4, 0.5) is 0 Å². The normalized spacial score (nSPS) is 13.3. The van der Waals surface area contributed by atoms with Crippen molar-refractivity contribution in [2.75, 3.05) is 7.11 Å². The molecule has 0 aliphatic heterocycles. The first-order chi connectivity index (χ1) is 16.0. The van der Waals surface area contributed by atoms with Crippen molar-refractivity contribution in [3.8, 4) is 22.6 Å². The fourth-order valence-corrected chi connectivity index (χ4v) is 4.59. The van der Waals surface area contributed by atoms with E-state index in [2.05, 4.69) is 35.4 Å². The van der Waals surface area contributed by atoms with Crippen molar-refractivity contribution in [3.63, 3.8) is 0 Å². The molecule has 0 amide bonds. The predicted octanol–water partition coefficient (Wildman–Crippen LogP) is 4.60. The molecule has 168 valence electrons. The number of phenolic OH excluding ortho intramolecular Hbond substituents is 1. The molecule has 5 rings (SSSR count). The fraction of sp³-hybridized carbons (Fsp3) is 0.259. The van der Waals surface area contributed by atoms with Crippen LogP contribution in [0.1, 0.15) is 23.1 Å². The number of carbonyl (C=O) groups excluding carboxylic acids is 1. The van der Waals surface area contributed by atoms with Gasteiger partial charge in [0.25, 0.3) is 0 Å². The second kappa shape index (κ2) is 8.62. The number of aromatic hydroxyl groups is 1. The lowest BCUT2D eigenvalue weighted by molar-refractivity contribution is -0.140. The van der Waals surface area contributed by atoms with Gasteiger partial charge in [0.15, 0.2) is 0 Å². The molecule has 33 heavy (non-hydrogen) atoms. The molecule has 0 atom stereocenters. The van der Waals surface area contributed by atoms with Gasteiger partial charge in [0.1, 0.15) is 17.6 Å². The Labute approximate surface area is 192 Å². The van der Waals surface area contributed by atoms with Crippen molar-refractivity contribution in [1.29, 1.82) is 0 Å². The molecule has 6 nitrogen and oxygen atoms in total. The molecule has 1 aliphatic rings. The van der Waals surface area contributed by atoms with Crippen LogP contribution in [0.3, 0.4) is 0 Å². The van der Waals surface area contributed by atoms with E-state index in [1.54, 1.807) is 6.07 Å². The first kappa shape index (κ1) is 21.1. The van der Waals surface area contributed by atoms with Crippen LogP contribution in [-0.4, -0.2) is 34.1 Å². The van der Waals surface area contributed by atoms with Crippen LogP contribution in [0.25, 0.3) is 22.0 Å². The molecule has 0 radical (unpaired) electrons. The number of ether oxygens (including phenoxy) is 2. The van der Waals surface area contributed by atoms with Gasteiger partial charge in [0, 0.05) is 43.3 Å². The third-order valence-corrected chi connectivity index (χ3v) is 6.37. The van der Waals surface area contributed by atoms with Gasteiger partial charge in [0.2, 0.25) is 0 Å². The van der Waals surface area contributed by atoms with E-state index in [1.165, 1.54) is 18.2 Å². The zero-order valence-electron chi connectivity index (χ0n) is 18.7. The van der Waals surface area contributed by atoms with Gasteiger partial charge in [-0.05, 0) is 46.9 Å². The number of aromatic nitrogens is 2. The van der Waals surface area contributed by atoms with Gasteiger partial charge in [-0.15, -0.1) is 0 Å². The largest absolute Gasteiger partial charge is 0.508 e. The molecule has 0 bridgehead atoms. The summed E-state index contributed by atoms with van der Waals surface area (Å²) in [6, 6.07) is 18.1. The number of carbonyl (C=O) groups is 1. The Kier molecular flexibility index (Phi) is 5.50. The summed E-state index contributed by atoms with van der Waals surface area (Å²) in [6.45, 7) is 0. The van der Waals surface area contributed by atoms with Crippen LogP contribution >= 0.6 is 0 Å². The number of hydrogen-bond acceptors (Lipinski definition) is 5. The highest BCUT2D eigenvalue weighted by molar-refractivity contribution is 5.86. The van der Waals surface area contributed by atoms with Gasteiger partial charge in [-0.3, -0.25) is 9.48 Å². The summed E-state index contributed by atoms with van der Waals surface area (Å²) < 4.78 is 13.1. The lowest BCUT2D eigenvalue weighted by Gasteiger charge is -2.19. The minimum Gasteiger partial charge on any atom is -0.508 e.